The number of aromatic nitrogens is 3. The lowest BCUT2D eigenvalue weighted by Gasteiger charge is -2.03. The van der Waals surface area contributed by atoms with Gasteiger partial charge in [-0.3, -0.25) is 14.5 Å². The largest absolute Gasteiger partial charge is 0.298 e. The Hall–Kier alpha value is -2.19. The molecule has 6 heteroatoms. The van der Waals surface area contributed by atoms with E-state index in [1.165, 1.54) is 29.3 Å². The SMILES string of the molecule is [C-]#[N+]c1cnc(Cl)cc1-n1cc(C=O)cn1. The summed E-state index contributed by atoms with van der Waals surface area (Å²) >= 11 is 5.74. The third kappa shape index (κ3) is 1.78. The molecule has 16 heavy (non-hydrogen) atoms. The second-order valence-corrected chi connectivity index (χ2v) is 3.33. The van der Waals surface area contributed by atoms with Gasteiger partial charge in [0.1, 0.15) is 5.15 Å². The van der Waals surface area contributed by atoms with Gasteiger partial charge < -0.3 is 0 Å². The minimum absolute atomic E-state index is 0.269. The van der Waals surface area contributed by atoms with E-state index < -0.39 is 0 Å². The van der Waals surface area contributed by atoms with Gasteiger partial charge in [0.25, 0.3) is 0 Å². The van der Waals surface area contributed by atoms with Crippen LogP contribution in [0.3, 0.4) is 0 Å². The van der Waals surface area contributed by atoms with E-state index in [4.69, 9.17) is 18.2 Å². The molecule has 0 spiro atoms. The van der Waals surface area contributed by atoms with Crippen LogP contribution < -0.4 is 0 Å². The first-order valence-electron chi connectivity index (χ1n) is 4.28. The summed E-state index contributed by atoms with van der Waals surface area (Å²) in [4.78, 5) is 17.6. The zero-order chi connectivity index (χ0) is 11.5. The summed E-state index contributed by atoms with van der Waals surface area (Å²) in [5.74, 6) is 0. The number of hydrogen-bond acceptors (Lipinski definition) is 3. The lowest BCUT2D eigenvalue weighted by Crippen LogP contribution is -1.95. The van der Waals surface area contributed by atoms with Crippen LogP contribution in [-0.4, -0.2) is 21.1 Å². The highest BCUT2D eigenvalue weighted by atomic mass is 35.5. The molecule has 0 amide bonds. The van der Waals surface area contributed by atoms with E-state index in [0.717, 1.165) is 0 Å². The maximum absolute atomic E-state index is 10.5. The summed E-state index contributed by atoms with van der Waals surface area (Å²) in [7, 11) is 0. The predicted molar refractivity (Wildman–Crippen MR) is 58.0 cm³/mol. The van der Waals surface area contributed by atoms with E-state index in [1.54, 1.807) is 0 Å². The lowest BCUT2D eigenvalue weighted by atomic mass is 10.3. The van der Waals surface area contributed by atoms with Gasteiger partial charge in [0.05, 0.1) is 24.0 Å². The van der Waals surface area contributed by atoms with Gasteiger partial charge in [0.2, 0.25) is 5.69 Å². The molecule has 2 aromatic heterocycles. The predicted octanol–water partition coefficient (Wildman–Crippen LogP) is 2.28. The summed E-state index contributed by atoms with van der Waals surface area (Å²) in [6.45, 7) is 6.99. The second-order valence-electron chi connectivity index (χ2n) is 2.94. The average Bonchev–Trinajstić information content (AvgIpc) is 2.77. The normalized spacial score (nSPS) is 9.75. The van der Waals surface area contributed by atoms with E-state index in [0.29, 0.717) is 23.2 Å². The van der Waals surface area contributed by atoms with Gasteiger partial charge in [-0.15, -0.1) is 0 Å². The van der Waals surface area contributed by atoms with Gasteiger partial charge >= 0.3 is 0 Å². The first kappa shape index (κ1) is 10.3. The number of hydrogen-bond donors (Lipinski definition) is 0. The summed E-state index contributed by atoms with van der Waals surface area (Å²) in [5, 5.41) is 4.23. The van der Waals surface area contributed by atoms with E-state index in [9.17, 15) is 4.79 Å². The van der Waals surface area contributed by atoms with Crippen LogP contribution in [0.4, 0.5) is 5.69 Å². The van der Waals surface area contributed by atoms with Crippen LogP contribution in [0.2, 0.25) is 5.15 Å². The lowest BCUT2D eigenvalue weighted by molar-refractivity contribution is 0.112. The maximum atomic E-state index is 10.5. The monoisotopic (exact) mass is 232 g/mol. The highest BCUT2D eigenvalue weighted by Gasteiger charge is 2.08. The van der Waals surface area contributed by atoms with E-state index >= 15 is 0 Å². The number of carbonyl (C=O) groups excluding carboxylic acids is 1. The first-order chi connectivity index (χ1) is 7.74. The van der Waals surface area contributed by atoms with Crippen LogP contribution >= 0.6 is 11.6 Å². The Kier molecular flexibility index (Phi) is 2.66. The molecule has 2 rings (SSSR count). The molecule has 5 nitrogen and oxygen atoms in total. The van der Waals surface area contributed by atoms with Crippen molar-refractivity contribution in [3.05, 3.63) is 46.8 Å². The zero-order valence-electron chi connectivity index (χ0n) is 7.96. The molecule has 0 aliphatic carbocycles. The molecule has 0 aliphatic heterocycles. The van der Waals surface area contributed by atoms with Crippen molar-refractivity contribution in [2.45, 2.75) is 0 Å². The molecule has 0 bridgehead atoms. The summed E-state index contributed by atoms with van der Waals surface area (Å²) in [5.41, 5.74) is 1.26. The molecule has 2 aromatic rings. The van der Waals surface area contributed by atoms with Crippen molar-refractivity contribution in [3.8, 4) is 5.69 Å². The second kappa shape index (κ2) is 4.13. The van der Waals surface area contributed by atoms with Crippen molar-refractivity contribution >= 4 is 23.6 Å². The van der Waals surface area contributed by atoms with Gasteiger partial charge in [-0.2, -0.15) is 5.10 Å². The smallest absolute Gasteiger partial charge is 0.230 e. The summed E-state index contributed by atoms with van der Waals surface area (Å²) in [6, 6.07) is 1.52. The third-order valence-electron chi connectivity index (χ3n) is 1.93. The van der Waals surface area contributed by atoms with Crippen molar-refractivity contribution in [2.75, 3.05) is 0 Å². The molecule has 78 valence electrons. The maximum Gasteiger partial charge on any atom is 0.230 e. The van der Waals surface area contributed by atoms with Gasteiger partial charge in [-0.25, -0.2) is 4.85 Å². The van der Waals surface area contributed by atoms with E-state index in [-0.39, 0.29) is 5.15 Å². The van der Waals surface area contributed by atoms with Crippen molar-refractivity contribution in [1.29, 1.82) is 0 Å². The Morgan fingerprint density at radius 2 is 2.31 bits per heavy atom. The molecule has 0 radical (unpaired) electrons. The Balaban J connectivity index is 2.58. The quantitative estimate of drug-likeness (QED) is 0.454. The van der Waals surface area contributed by atoms with Gasteiger partial charge in [0, 0.05) is 12.4 Å². The van der Waals surface area contributed by atoms with Crippen LogP contribution in [-0.2, 0) is 0 Å². The van der Waals surface area contributed by atoms with E-state index in [2.05, 4.69) is 14.9 Å². The standard InChI is InChI=1S/C10H5ClN4O/c1-12-8-4-13-10(11)2-9(8)15-5-7(6-16)3-14-15/h2-6H. The number of pyridine rings is 1. The molecule has 0 aliphatic rings. The zero-order valence-corrected chi connectivity index (χ0v) is 8.72. The Morgan fingerprint density at radius 1 is 1.50 bits per heavy atom. The number of aldehydes is 1. The van der Waals surface area contributed by atoms with Crippen LogP contribution in [0.15, 0.2) is 24.7 Å². The first-order valence-corrected chi connectivity index (χ1v) is 4.65. The molecular weight excluding hydrogens is 228 g/mol. The van der Waals surface area contributed by atoms with Crippen LogP contribution in [0, 0.1) is 6.57 Å². The van der Waals surface area contributed by atoms with Crippen LogP contribution in [0.25, 0.3) is 10.5 Å². The van der Waals surface area contributed by atoms with E-state index in [1.807, 2.05) is 0 Å². The van der Waals surface area contributed by atoms with Gasteiger partial charge in [0.15, 0.2) is 6.29 Å². The summed E-state index contributed by atoms with van der Waals surface area (Å²) in [6.07, 6.45) is 4.99. The minimum Gasteiger partial charge on any atom is -0.298 e. The molecule has 0 aromatic carbocycles. The molecular formula is C10H5ClN4O. The van der Waals surface area contributed by atoms with Crippen LogP contribution in [0.5, 0.6) is 0 Å². The molecule has 0 fully saturated rings. The number of rotatable bonds is 2. The van der Waals surface area contributed by atoms with Crippen molar-refractivity contribution in [2.24, 2.45) is 0 Å². The molecule has 0 N–H and O–H groups in total. The highest BCUT2D eigenvalue weighted by Crippen LogP contribution is 2.24. The van der Waals surface area contributed by atoms with Gasteiger partial charge in [-0.1, -0.05) is 11.6 Å². The average molecular weight is 233 g/mol. The minimum atomic E-state index is 0.269. The Morgan fingerprint density at radius 3 is 2.94 bits per heavy atom. The Bertz CT molecular complexity index is 585. The van der Waals surface area contributed by atoms with Gasteiger partial charge in [-0.05, 0) is 6.07 Å². The number of carbonyl (C=O) groups is 1. The Labute approximate surface area is 96.1 Å². The molecule has 0 unspecified atom stereocenters. The van der Waals surface area contributed by atoms with Crippen molar-refractivity contribution in [1.82, 2.24) is 14.8 Å². The number of nitrogens with zero attached hydrogens (tertiary/aromatic N) is 4. The molecule has 2 heterocycles. The fraction of sp³-hybridized carbons (Fsp3) is 0. The van der Waals surface area contributed by atoms with Crippen LogP contribution in [0.1, 0.15) is 10.4 Å². The number of halogens is 1. The summed E-state index contributed by atoms with van der Waals surface area (Å²) < 4.78 is 1.42. The van der Waals surface area contributed by atoms with Crippen molar-refractivity contribution in [3.63, 3.8) is 0 Å². The molecule has 0 saturated carbocycles. The fourth-order valence-electron chi connectivity index (χ4n) is 1.21. The third-order valence-corrected chi connectivity index (χ3v) is 2.14. The van der Waals surface area contributed by atoms with Crippen molar-refractivity contribution < 1.29 is 4.79 Å². The topological polar surface area (TPSA) is 52.1 Å². The molecule has 0 saturated heterocycles. The fourth-order valence-corrected chi connectivity index (χ4v) is 1.36. The highest BCUT2D eigenvalue weighted by molar-refractivity contribution is 6.29. The molecule has 0 atom stereocenters.